The molecular formula is C29H37N3O7. The van der Waals surface area contributed by atoms with Crippen LogP contribution in [0.5, 0.6) is 5.75 Å². The second-order valence-electron chi connectivity index (χ2n) is 12.5. The number of carbonyl (C=O) groups excluding carboxylic acids is 3. The van der Waals surface area contributed by atoms with Gasteiger partial charge in [-0.15, -0.1) is 0 Å². The number of Topliss-reactive ketones (excluding diaryl/α,β-unsaturated/α-hetero) is 2. The lowest BCUT2D eigenvalue weighted by atomic mass is 9.57. The number of nitrogens with zero attached hydrogens (tertiary/aromatic N) is 2. The van der Waals surface area contributed by atoms with Crippen molar-refractivity contribution < 1.29 is 34.8 Å². The van der Waals surface area contributed by atoms with E-state index in [4.69, 9.17) is 5.73 Å². The van der Waals surface area contributed by atoms with Crippen LogP contribution in [0, 0.1) is 17.3 Å². The first-order valence-electron chi connectivity index (χ1n) is 13.4. The summed E-state index contributed by atoms with van der Waals surface area (Å²) in [4.78, 5) is 43.1. The molecule has 0 radical (unpaired) electrons. The van der Waals surface area contributed by atoms with Crippen LogP contribution in [-0.2, 0) is 27.3 Å². The molecule has 1 heterocycles. The quantitative estimate of drug-likeness (QED) is 0.357. The van der Waals surface area contributed by atoms with Crippen molar-refractivity contribution in [3.63, 3.8) is 0 Å². The van der Waals surface area contributed by atoms with E-state index in [2.05, 4.69) is 18.7 Å². The summed E-state index contributed by atoms with van der Waals surface area (Å²) in [6.07, 6.45) is 2.50. The Hall–Kier alpha value is -3.21. The van der Waals surface area contributed by atoms with Gasteiger partial charge in [0.15, 0.2) is 11.4 Å². The van der Waals surface area contributed by atoms with Crippen molar-refractivity contribution in [1.82, 2.24) is 9.80 Å². The van der Waals surface area contributed by atoms with E-state index in [1.807, 2.05) is 6.07 Å². The van der Waals surface area contributed by atoms with Crippen molar-refractivity contribution in [3.8, 4) is 5.75 Å². The number of benzene rings is 1. The molecule has 0 unspecified atom stereocenters. The Balaban J connectivity index is 1.60. The molecule has 4 atom stereocenters. The first-order chi connectivity index (χ1) is 18.2. The molecule has 1 aliphatic heterocycles. The number of carbonyl (C=O) groups is 3. The smallest absolute Gasteiger partial charge is 0.255 e. The van der Waals surface area contributed by atoms with Crippen molar-refractivity contribution in [2.75, 3.05) is 27.2 Å². The SMILES string of the molecule is CN(C)[C@H]1C(=O)C(C(N)=O)=C(O)[C@@]2(O)C(=O)C3=C(O)c4c(O)ccc(CN5CCC(C)(C)CC5)c4C[C@H]3C[C@@H]12. The lowest BCUT2D eigenvalue weighted by molar-refractivity contribution is -0.153. The summed E-state index contributed by atoms with van der Waals surface area (Å²) in [6, 6.07) is 2.24. The summed E-state index contributed by atoms with van der Waals surface area (Å²) in [5.41, 5.74) is 3.89. The largest absolute Gasteiger partial charge is 0.508 e. The van der Waals surface area contributed by atoms with Crippen molar-refractivity contribution in [3.05, 3.63) is 45.7 Å². The van der Waals surface area contributed by atoms with E-state index in [1.54, 1.807) is 14.1 Å². The van der Waals surface area contributed by atoms with Gasteiger partial charge >= 0.3 is 0 Å². The first-order valence-corrected chi connectivity index (χ1v) is 13.4. The lowest BCUT2D eigenvalue weighted by Gasteiger charge is -2.50. The van der Waals surface area contributed by atoms with Gasteiger partial charge in [0.05, 0.1) is 11.6 Å². The Kier molecular flexibility index (Phi) is 6.44. The minimum atomic E-state index is -2.63. The van der Waals surface area contributed by atoms with Gasteiger partial charge in [0.1, 0.15) is 22.8 Å². The zero-order valence-corrected chi connectivity index (χ0v) is 22.8. The van der Waals surface area contributed by atoms with E-state index in [1.165, 1.54) is 11.0 Å². The molecule has 0 bridgehead atoms. The molecular weight excluding hydrogens is 502 g/mol. The Labute approximate surface area is 227 Å². The van der Waals surface area contributed by atoms with Crippen LogP contribution in [-0.4, -0.2) is 86.5 Å². The van der Waals surface area contributed by atoms with Crippen LogP contribution in [0.4, 0.5) is 0 Å². The Morgan fingerprint density at radius 3 is 2.36 bits per heavy atom. The third-order valence-electron chi connectivity index (χ3n) is 9.30. The number of piperidine rings is 1. The molecule has 6 N–H and O–H groups in total. The lowest BCUT2D eigenvalue weighted by Crippen LogP contribution is -2.65. The van der Waals surface area contributed by atoms with Crippen LogP contribution in [0.15, 0.2) is 29.0 Å². The van der Waals surface area contributed by atoms with Crippen LogP contribution in [0.25, 0.3) is 5.76 Å². The number of aliphatic hydroxyl groups excluding tert-OH is 2. The average molecular weight is 540 g/mol. The third-order valence-corrected chi connectivity index (χ3v) is 9.30. The maximum atomic E-state index is 13.9. The topological polar surface area (TPSA) is 165 Å². The highest BCUT2D eigenvalue weighted by molar-refractivity contribution is 6.24. The number of ketones is 2. The van der Waals surface area contributed by atoms with Gasteiger partial charge in [0.2, 0.25) is 5.78 Å². The van der Waals surface area contributed by atoms with Gasteiger partial charge < -0.3 is 26.2 Å². The van der Waals surface area contributed by atoms with Crippen LogP contribution < -0.4 is 5.73 Å². The molecule has 1 aromatic rings. The molecule has 10 nitrogen and oxygen atoms in total. The molecule has 0 aromatic heterocycles. The molecule has 1 saturated heterocycles. The van der Waals surface area contributed by atoms with Gasteiger partial charge in [-0.25, -0.2) is 0 Å². The summed E-state index contributed by atoms with van der Waals surface area (Å²) >= 11 is 0. The molecule has 1 amide bonds. The zero-order chi connectivity index (χ0) is 28.6. The summed E-state index contributed by atoms with van der Waals surface area (Å²) in [7, 11) is 3.17. The van der Waals surface area contributed by atoms with Crippen LogP contribution in [0.3, 0.4) is 0 Å². The highest BCUT2D eigenvalue weighted by Gasteiger charge is 2.64. The van der Waals surface area contributed by atoms with Crippen molar-refractivity contribution >= 4 is 23.2 Å². The summed E-state index contributed by atoms with van der Waals surface area (Å²) < 4.78 is 0. The fourth-order valence-corrected chi connectivity index (χ4v) is 7.01. The number of aliphatic hydroxyl groups is 3. The number of rotatable bonds is 4. The Morgan fingerprint density at radius 2 is 1.77 bits per heavy atom. The predicted octanol–water partition coefficient (Wildman–Crippen LogP) is 1.59. The number of likely N-dealkylation sites (tertiary alicyclic amines) is 1. The molecule has 10 heteroatoms. The Bertz CT molecular complexity index is 1330. The molecule has 1 saturated carbocycles. The fourth-order valence-electron chi connectivity index (χ4n) is 7.01. The molecule has 5 rings (SSSR count). The minimum absolute atomic E-state index is 0.0821. The third kappa shape index (κ3) is 4.08. The number of phenols is 1. The van der Waals surface area contributed by atoms with Crippen LogP contribution in [0.2, 0.25) is 0 Å². The van der Waals surface area contributed by atoms with Gasteiger partial charge in [-0.05, 0) is 81.4 Å². The highest BCUT2D eigenvalue weighted by atomic mass is 16.3. The fraction of sp³-hybridized carbons (Fsp3) is 0.552. The normalized spacial score (nSPS) is 30.8. The van der Waals surface area contributed by atoms with E-state index >= 15 is 0 Å². The molecule has 210 valence electrons. The highest BCUT2D eigenvalue weighted by Crippen LogP contribution is 2.53. The van der Waals surface area contributed by atoms with Crippen molar-refractivity contribution in [2.45, 2.75) is 57.7 Å². The number of primary amides is 1. The molecule has 1 aromatic carbocycles. The number of aromatic hydroxyl groups is 1. The standard InChI is InChI=1S/C29H37N3O7/c1-28(2)7-9-32(10-8-28)13-14-5-6-18(33)20-16(14)11-15-12-17-22(31(3)4)24(35)21(27(30)38)26(37)29(17,39)25(36)19(15)23(20)34/h5-6,15,17,22,33-34,37,39H,7-13H2,1-4H3,(H2,30,38)/t15-,17-,22+,29-/m0/s1. The summed E-state index contributed by atoms with van der Waals surface area (Å²) in [5, 5.41) is 44.8. The molecule has 3 aliphatic carbocycles. The van der Waals surface area contributed by atoms with Gasteiger partial charge in [-0.1, -0.05) is 19.9 Å². The van der Waals surface area contributed by atoms with Crippen molar-refractivity contribution in [1.29, 1.82) is 0 Å². The van der Waals surface area contributed by atoms with E-state index < -0.39 is 58.0 Å². The summed E-state index contributed by atoms with van der Waals surface area (Å²) in [5.74, 6) is -6.38. The maximum Gasteiger partial charge on any atom is 0.255 e. The molecule has 2 fully saturated rings. The molecule has 0 spiro atoms. The number of nitrogens with two attached hydrogens (primary N) is 1. The van der Waals surface area contributed by atoms with Crippen LogP contribution in [0.1, 0.15) is 49.8 Å². The Morgan fingerprint density at radius 1 is 1.13 bits per heavy atom. The second kappa shape index (κ2) is 9.18. The van der Waals surface area contributed by atoms with E-state index in [0.29, 0.717) is 13.0 Å². The van der Waals surface area contributed by atoms with Crippen LogP contribution >= 0.6 is 0 Å². The predicted molar refractivity (Wildman–Crippen MR) is 143 cm³/mol. The summed E-state index contributed by atoms with van der Waals surface area (Å²) in [6.45, 7) is 6.99. The number of amides is 1. The first kappa shape index (κ1) is 27.4. The van der Waals surface area contributed by atoms with E-state index in [-0.39, 0.29) is 28.7 Å². The van der Waals surface area contributed by atoms with Gasteiger partial charge in [0.25, 0.3) is 5.91 Å². The number of hydrogen-bond donors (Lipinski definition) is 5. The zero-order valence-electron chi connectivity index (χ0n) is 22.8. The van der Waals surface area contributed by atoms with E-state index in [0.717, 1.165) is 37.1 Å². The average Bonchev–Trinajstić information content (AvgIpc) is 2.84. The monoisotopic (exact) mass is 539 g/mol. The molecule has 4 aliphatic rings. The van der Waals surface area contributed by atoms with Gasteiger partial charge in [-0.2, -0.15) is 0 Å². The minimum Gasteiger partial charge on any atom is -0.508 e. The maximum absolute atomic E-state index is 13.9. The number of hydrogen-bond acceptors (Lipinski definition) is 9. The van der Waals surface area contributed by atoms with Gasteiger partial charge in [0, 0.05) is 18.0 Å². The molecule has 39 heavy (non-hydrogen) atoms. The number of phenolic OH excluding ortho intramolecular Hbond substituents is 1. The number of likely N-dealkylation sites (N-methyl/N-ethyl adjacent to an activating group) is 1. The second-order valence-corrected chi connectivity index (χ2v) is 12.5. The van der Waals surface area contributed by atoms with Gasteiger partial charge in [-0.3, -0.25) is 24.2 Å². The number of fused-ring (bicyclic) bond motifs is 3. The van der Waals surface area contributed by atoms with E-state index in [9.17, 15) is 34.8 Å². The van der Waals surface area contributed by atoms with Crippen molar-refractivity contribution in [2.24, 2.45) is 23.0 Å².